The van der Waals surface area contributed by atoms with Gasteiger partial charge < -0.3 is 31.1 Å². The predicted octanol–water partition coefficient (Wildman–Crippen LogP) is 2.77. The zero-order chi connectivity index (χ0) is 32.0. The third kappa shape index (κ3) is 5.82. The number of carbonyl (C=O) groups is 3. The second kappa shape index (κ2) is 12.1. The number of halogens is 3. The number of amides is 2. The van der Waals surface area contributed by atoms with Crippen LogP contribution in [0.5, 0.6) is 0 Å². The lowest BCUT2D eigenvalue weighted by molar-refractivity contribution is -0.152. The molecule has 0 bridgehead atoms. The van der Waals surface area contributed by atoms with Crippen molar-refractivity contribution in [3.8, 4) is 11.3 Å². The maximum Gasteiger partial charge on any atom is 0.329 e. The lowest BCUT2D eigenvalue weighted by Crippen LogP contribution is -2.56. The number of nitrogens with zero attached hydrogens (tertiary/aromatic N) is 3. The van der Waals surface area contributed by atoms with E-state index >= 15 is 0 Å². The molecule has 0 saturated carbocycles. The van der Waals surface area contributed by atoms with E-state index in [1.54, 1.807) is 0 Å². The molecule has 2 aromatic heterocycles. The van der Waals surface area contributed by atoms with Crippen molar-refractivity contribution in [3.63, 3.8) is 0 Å². The first-order valence-corrected chi connectivity index (χ1v) is 14.6. The van der Waals surface area contributed by atoms with Crippen LogP contribution >= 0.6 is 0 Å². The highest BCUT2D eigenvalue weighted by Crippen LogP contribution is 2.43. The smallest absolute Gasteiger partial charge is 0.329 e. The molecule has 45 heavy (non-hydrogen) atoms. The number of aromatic nitrogens is 2. The molecule has 0 spiro atoms. The van der Waals surface area contributed by atoms with E-state index in [-0.39, 0.29) is 36.2 Å². The summed E-state index contributed by atoms with van der Waals surface area (Å²) in [6.07, 6.45) is 1.40. The molecule has 11 nitrogen and oxygen atoms in total. The number of nitrogens with one attached hydrogen (secondary N) is 2. The molecule has 1 aromatic carbocycles. The number of aliphatic hydroxyl groups excluding tert-OH is 1. The lowest BCUT2D eigenvalue weighted by atomic mass is 9.92. The van der Waals surface area contributed by atoms with Crippen LogP contribution in [0.4, 0.5) is 24.5 Å². The number of carbonyl (C=O) groups excluding carboxylic acids is 3. The van der Waals surface area contributed by atoms with E-state index in [2.05, 4.69) is 20.6 Å². The average Bonchev–Trinajstić information content (AvgIpc) is 3.62. The minimum atomic E-state index is -1.03. The van der Waals surface area contributed by atoms with Crippen LogP contribution in [0, 0.1) is 23.4 Å². The predicted molar refractivity (Wildman–Crippen MR) is 155 cm³/mol. The molecule has 236 valence electrons. The van der Waals surface area contributed by atoms with Crippen LogP contribution in [-0.2, 0) is 20.7 Å². The molecule has 5 N–H and O–H groups in total. The summed E-state index contributed by atoms with van der Waals surface area (Å²) in [5, 5.41) is 15.9. The first kappa shape index (κ1) is 30.5. The van der Waals surface area contributed by atoms with Crippen molar-refractivity contribution in [2.45, 2.75) is 56.9 Å². The van der Waals surface area contributed by atoms with Gasteiger partial charge in [0.1, 0.15) is 41.0 Å². The first-order valence-electron chi connectivity index (χ1n) is 14.6. The molecule has 14 heteroatoms. The Kier molecular flexibility index (Phi) is 8.18. The summed E-state index contributed by atoms with van der Waals surface area (Å²) >= 11 is 0. The standard InChI is InChI=1S/C31H31F3N6O5/c1-14-12-40(13-19(35)29(14)42)28-15-5-9-23(45-31(44)21-8-10-24(41)37-21)26(15)36-11-22(28)39-30(43)20-7-6-18(34)27(38-20)25-16(32)3-2-4-17(25)33/h2-4,6-7,11,14,19,21,23,29,42H,5,8-10,12-13,35H2,1H3,(H,37,41)(H,39,43)/t14-,19+,21-,23+,29+/m0/s1. The average molecular weight is 625 g/mol. The van der Waals surface area contributed by atoms with Gasteiger partial charge in [0.05, 0.1) is 34.9 Å². The molecule has 3 aliphatic rings. The van der Waals surface area contributed by atoms with Crippen LogP contribution in [0.2, 0.25) is 0 Å². The zero-order valence-electron chi connectivity index (χ0n) is 24.2. The van der Waals surface area contributed by atoms with Gasteiger partial charge in [0, 0.05) is 37.0 Å². The summed E-state index contributed by atoms with van der Waals surface area (Å²) in [7, 11) is 0. The molecule has 2 saturated heterocycles. The van der Waals surface area contributed by atoms with Gasteiger partial charge in [-0.3, -0.25) is 14.6 Å². The SMILES string of the molecule is C[C@H]1CN(c2c(NC(=O)c3ccc(F)c(-c4c(F)cccc4F)n3)cnc3c2CC[C@H]3OC(=O)[C@@H]2CCC(=O)N2)C[C@@H](N)[C@@H]1O. The second-order valence-electron chi connectivity index (χ2n) is 11.6. The molecule has 0 radical (unpaired) electrons. The van der Waals surface area contributed by atoms with Gasteiger partial charge in [0.25, 0.3) is 5.91 Å². The van der Waals surface area contributed by atoms with Crippen molar-refractivity contribution in [1.29, 1.82) is 0 Å². The summed E-state index contributed by atoms with van der Waals surface area (Å²) in [6.45, 7) is 2.48. The van der Waals surface area contributed by atoms with Gasteiger partial charge in [0.15, 0.2) is 0 Å². The molecule has 3 aromatic rings. The number of benzene rings is 1. The van der Waals surface area contributed by atoms with Crippen LogP contribution in [0.1, 0.15) is 54.0 Å². The number of esters is 1. The van der Waals surface area contributed by atoms with E-state index in [0.717, 1.165) is 30.3 Å². The topological polar surface area (TPSA) is 160 Å². The fourth-order valence-electron chi connectivity index (χ4n) is 6.23. The van der Waals surface area contributed by atoms with E-state index < -0.39 is 64.9 Å². The van der Waals surface area contributed by atoms with E-state index in [1.165, 1.54) is 6.20 Å². The van der Waals surface area contributed by atoms with Crippen LogP contribution in [0.15, 0.2) is 36.5 Å². The van der Waals surface area contributed by atoms with Gasteiger partial charge in [-0.15, -0.1) is 0 Å². The Labute approximate surface area is 256 Å². The highest BCUT2D eigenvalue weighted by atomic mass is 19.1. The van der Waals surface area contributed by atoms with Crippen molar-refractivity contribution < 1.29 is 37.4 Å². The van der Waals surface area contributed by atoms with Gasteiger partial charge >= 0.3 is 5.97 Å². The van der Waals surface area contributed by atoms with Crippen LogP contribution in [-0.4, -0.2) is 64.1 Å². The minimum absolute atomic E-state index is 0.218. The summed E-state index contributed by atoms with van der Waals surface area (Å²) in [5.74, 6) is -4.87. The van der Waals surface area contributed by atoms with Crippen molar-refractivity contribution in [2.75, 3.05) is 23.3 Å². The Morgan fingerprint density at radius 1 is 1.09 bits per heavy atom. The number of hydrogen-bond donors (Lipinski definition) is 4. The Hall–Kier alpha value is -4.56. The minimum Gasteiger partial charge on any atom is -0.454 e. The van der Waals surface area contributed by atoms with Crippen molar-refractivity contribution in [2.24, 2.45) is 11.7 Å². The van der Waals surface area contributed by atoms with Gasteiger partial charge in [-0.2, -0.15) is 0 Å². The third-order valence-corrected chi connectivity index (χ3v) is 8.49. The van der Waals surface area contributed by atoms with Crippen LogP contribution in [0.25, 0.3) is 11.3 Å². The summed E-state index contributed by atoms with van der Waals surface area (Å²) in [5.41, 5.74) is 6.63. The summed E-state index contributed by atoms with van der Waals surface area (Å²) < 4.78 is 49.3. The van der Waals surface area contributed by atoms with E-state index in [0.29, 0.717) is 42.8 Å². The van der Waals surface area contributed by atoms with Gasteiger partial charge in [-0.1, -0.05) is 13.0 Å². The third-order valence-electron chi connectivity index (χ3n) is 8.49. The van der Waals surface area contributed by atoms with Gasteiger partial charge in [0.2, 0.25) is 5.91 Å². The first-order chi connectivity index (χ1) is 21.5. The molecular weight excluding hydrogens is 593 g/mol. The molecule has 1 aliphatic carbocycles. The molecule has 2 aliphatic heterocycles. The normalized spacial score (nSPS) is 24.3. The second-order valence-corrected chi connectivity index (χ2v) is 11.6. The molecule has 5 atom stereocenters. The van der Waals surface area contributed by atoms with E-state index in [1.807, 2.05) is 11.8 Å². The maximum absolute atomic E-state index is 14.7. The molecule has 2 fully saturated rings. The van der Waals surface area contributed by atoms with Crippen molar-refractivity contribution in [3.05, 3.63) is 70.9 Å². The number of fused-ring (bicyclic) bond motifs is 1. The van der Waals surface area contributed by atoms with Crippen LogP contribution < -0.4 is 21.3 Å². The van der Waals surface area contributed by atoms with E-state index in [9.17, 15) is 32.7 Å². The van der Waals surface area contributed by atoms with Crippen molar-refractivity contribution in [1.82, 2.24) is 15.3 Å². The number of hydrogen-bond acceptors (Lipinski definition) is 9. The fraction of sp³-hybridized carbons (Fsp3) is 0.387. The number of rotatable bonds is 6. The zero-order valence-corrected chi connectivity index (χ0v) is 24.2. The summed E-state index contributed by atoms with van der Waals surface area (Å²) in [4.78, 5) is 48.3. The fourth-order valence-corrected chi connectivity index (χ4v) is 6.23. The van der Waals surface area contributed by atoms with Crippen LogP contribution in [0.3, 0.4) is 0 Å². The molecule has 6 rings (SSSR count). The Morgan fingerprint density at radius 2 is 1.84 bits per heavy atom. The number of ether oxygens (including phenoxy) is 1. The Bertz CT molecular complexity index is 1660. The summed E-state index contributed by atoms with van der Waals surface area (Å²) in [6, 6.07) is 3.74. The van der Waals surface area contributed by atoms with Crippen molar-refractivity contribution >= 4 is 29.2 Å². The van der Waals surface area contributed by atoms with E-state index in [4.69, 9.17) is 10.5 Å². The molecular formula is C31H31F3N6O5. The Balaban J connectivity index is 1.33. The molecule has 4 heterocycles. The molecule has 0 unspecified atom stereocenters. The number of nitrogens with two attached hydrogens (primary N) is 1. The highest BCUT2D eigenvalue weighted by Gasteiger charge is 2.38. The quantitative estimate of drug-likeness (QED) is 0.303. The number of anilines is 2. The maximum atomic E-state index is 14.7. The largest absolute Gasteiger partial charge is 0.454 e. The molecule has 2 amide bonds. The number of pyridine rings is 2. The monoisotopic (exact) mass is 624 g/mol. The lowest BCUT2D eigenvalue weighted by Gasteiger charge is -2.41. The van der Waals surface area contributed by atoms with Gasteiger partial charge in [-0.05, 0) is 43.5 Å². The highest BCUT2D eigenvalue weighted by molar-refractivity contribution is 6.05. The Morgan fingerprint density at radius 3 is 2.53 bits per heavy atom. The number of aliphatic hydroxyl groups is 1. The number of piperidine rings is 1. The van der Waals surface area contributed by atoms with Gasteiger partial charge in [-0.25, -0.2) is 22.9 Å².